The second kappa shape index (κ2) is 6.50. The lowest BCUT2D eigenvalue weighted by Crippen LogP contribution is -2.32. The van der Waals surface area contributed by atoms with E-state index in [4.69, 9.17) is 4.74 Å². The first-order chi connectivity index (χ1) is 11.1. The molecule has 1 aromatic carbocycles. The van der Waals surface area contributed by atoms with Crippen LogP contribution in [0.25, 0.3) is 0 Å². The molecule has 23 heavy (non-hydrogen) atoms. The molecule has 2 aliphatic rings. The molecule has 0 radical (unpaired) electrons. The maximum atomic E-state index is 12.3. The number of carbonyl (C=O) groups is 3. The van der Waals surface area contributed by atoms with Crippen LogP contribution < -0.4 is 5.32 Å². The van der Waals surface area contributed by atoms with Crippen LogP contribution in [0.1, 0.15) is 57.3 Å². The van der Waals surface area contributed by atoms with Gasteiger partial charge in [-0.2, -0.15) is 0 Å². The molecular formula is C17H20N2O4. The Balaban J connectivity index is 1.72. The summed E-state index contributed by atoms with van der Waals surface area (Å²) in [6.45, 7) is 3.51. The third kappa shape index (κ3) is 2.99. The molecule has 1 N–H and O–H groups in total. The van der Waals surface area contributed by atoms with Crippen LogP contribution >= 0.6 is 0 Å². The van der Waals surface area contributed by atoms with Crippen LogP contribution in [-0.4, -0.2) is 48.4 Å². The number of nitrogens with zero attached hydrogens (tertiary/aromatic N) is 1. The molecule has 2 heterocycles. The van der Waals surface area contributed by atoms with Gasteiger partial charge >= 0.3 is 0 Å². The van der Waals surface area contributed by atoms with Crippen LogP contribution in [0.4, 0.5) is 0 Å². The molecule has 1 atom stereocenters. The summed E-state index contributed by atoms with van der Waals surface area (Å²) in [5.41, 5.74) is 1.08. The standard InChI is InChI=1S/C17H20N2O4/c1-2-7-19-16(21)13-6-5-11(9-14(13)17(19)22)15(20)18-10-12-4-3-8-23-12/h5-6,9,12H,2-4,7-8,10H2,1H3,(H,18,20)/t12-/m1/s1. The Labute approximate surface area is 134 Å². The topological polar surface area (TPSA) is 75.7 Å². The van der Waals surface area contributed by atoms with Crippen molar-refractivity contribution in [3.8, 4) is 0 Å². The molecule has 3 rings (SSSR count). The SMILES string of the molecule is CCCN1C(=O)c2ccc(C(=O)NC[C@H]3CCCO3)cc2C1=O. The first-order valence-corrected chi connectivity index (χ1v) is 8.02. The molecule has 0 unspecified atom stereocenters. The van der Waals surface area contributed by atoms with Crippen LogP contribution in [0.5, 0.6) is 0 Å². The van der Waals surface area contributed by atoms with Gasteiger partial charge in [-0.1, -0.05) is 6.92 Å². The molecule has 1 fully saturated rings. The van der Waals surface area contributed by atoms with Crippen molar-refractivity contribution < 1.29 is 19.1 Å². The number of ether oxygens (including phenoxy) is 1. The average molecular weight is 316 g/mol. The molecule has 0 saturated carbocycles. The third-order valence-corrected chi connectivity index (χ3v) is 4.19. The minimum absolute atomic E-state index is 0.0663. The lowest BCUT2D eigenvalue weighted by atomic mass is 10.1. The second-order valence-corrected chi connectivity index (χ2v) is 5.87. The minimum Gasteiger partial charge on any atom is -0.376 e. The highest BCUT2D eigenvalue weighted by atomic mass is 16.5. The lowest BCUT2D eigenvalue weighted by Gasteiger charge is -2.11. The van der Waals surface area contributed by atoms with E-state index in [1.165, 1.54) is 11.0 Å². The molecule has 1 aromatic rings. The predicted octanol–water partition coefficient (Wildman–Crippen LogP) is 1.60. The van der Waals surface area contributed by atoms with Gasteiger partial charge in [0.05, 0.1) is 17.2 Å². The van der Waals surface area contributed by atoms with Gasteiger partial charge in [0.15, 0.2) is 0 Å². The van der Waals surface area contributed by atoms with Crippen molar-refractivity contribution in [2.45, 2.75) is 32.3 Å². The highest BCUT2D eigenvalue weighted by Crippen LogP contribution is 2.24. The Morgan fingerprint density at radius 2 is 2.09 bits per heavy atom. The Kier molecular flexibility index (Phi) is 4.43. The number of hydrogen-bond acceptors (Lipinski definition) is 4. The summed E-state index contributed by atoms with van der Waals surface area (Å²) < 4.78 is 5.47. The summed E-state index contributed by atoms with van der Waals surface area (Å²) >= 11 is 0. The maximum absolute atomic E-state index is 12.3. The van der Waals surface area contributed by atoms with Crippen LogP contribution in [0.3, 0.4) is 0 Å². The number of benzene rings is 1. The van der Waals surface area contributed by atoms with Gasteiger partial charge in [-0.05, 0) is 37.5 Å². The van der Waals surface area contributed by atoms with E-state index in [-0.39, 0.29) is 23.8 Å². The normalized spacial score (nSPS) is 20.0. The average Bonchev–Trinajstić information content (AvgIpc) is 3.16. The number of rotatable bonds is 5. The molecule has 1 saturated heterocycles. The van der Waals surface area contributed by atoms with Crippen molar-refractivity contribution in [1.82, 2.24) is 10.2 Å². The second-order valence-electron chi connectivity index (χ2n) is 5.87. The lowest BCUT2D eigenvalue weighted by molar-refractivity contribution is 0.0654. The number of imide groups is 1. The van der Waals surface area contributed by atoms with Gasteiger partial charge in [0.2, 0.25) is 0 Å². The molecule has 122 valence electrons. The van der Waals surface area contributed by atoms with E-state index in [1.54, 1.807) is 12.1 Å². The van der Waals surface area contributed by atoms with Crippen molar-refractivity contribution >= 4 is 17.7 Å². The minimum atomic E-state index is -0.319. The molecule has 0 bridgehead atoms. The van der Waals surface area contributed by atoms with Gasteiger partial charge in [0, 0.05) is 25.3 Å². The van der Waals surface area contributed by atoms with Gasteiger partial charge in [-0.3, -0.25) is 19.3 Å². The van der Waals surface area contributed by atoms with Crippen molar-refractivity contribution in [2.75, 3.05) is 19.7 Å². The summed E-state index contributed by atoms with van der Waals surface area (Å²) in [6.07, 6.45) is 2.74. The monoisotopic (exact) mass is 316 g/mol. The number of hydrogen-bond donors (Lipinski definition) is 1. The van der Waals surface area contributed by atoms with E-state index < -0.39 is 0 Å². The highest BCUT2D eigenvalue weighted by molar-refractivity contribution is 6.22. The summed E-state index contributed by atoms with van der Waals surface area (Å²) in [5.74, 6) is -0.851. The Morgan fingerprint density at radius 3 is 2.78 bits per heavy atom. The summed E-state index contributed by atoms with van der Waals surface area (Å²) in [5, 5.41) is 2.82. The van der Waals surface area contributed by atoms with Crippen LogP contribution in [0.2, 0.25) is 0 Å². The summed E-state index contributed by atoms with van der Waals surface area (Å²) in [6, 6.07) is 4.66. The molecule has 0 spiro atoms. The smallest absolute Gasteiger partial charge is 0.261 e. The maximum Gasteiger partial charge on any atom is 0.261 e. The van der Waals surface area contributed by atoms with E-state index in [0.29, 0.717) is 36.2 Å². The molecule has 0 aromatic heterocycles. The van der Waals surface area contributed by atoms with Gasteiger partial charge < -0.3 is 10.1 Å². The van der Waals surface area contributed by atoms with E-state index in [2.05, 4.69) is 5.32 Å². The molecule has 3 amide bonds. The largest absolute Gasteiger partial charge is 0.376 e. The van der Waals surface area contributed by atoms with E-state index in [0.717, 1.165) is 19.4 Å². The van der Waals surface area contributed by atoms with E-state index in [9.17, 15) is 14.4 Å². The Bertz CT molecular complexity index is 650. The molecule has 6 nitrogen and oxygen atoms in total. The van der Waals surface area contributed by atoms with Crippen LogP contribution in [-0.2, 0) is 4.74 Å². The van der Waals surface area contributed by atoms with E-state index >= 15 is 0 Å². The zero-order chi connectivity index (χ0) is 16.4. The fraction of sp³-hybridized carbons (Fsp3) is 0.471. The highest BCUT2D eigenvalue weighted by Gasteiger charge is 2.35. The van der Waals surface area contributed by atoms with Crippen molar-refractivity contribution in [2.24, 2.45) is 0 Å². The van der Waals surface area contributed by atoms with Gasteiger partial charge in [-0.15, -0.1) is 0 Å². The first kappa shape index (κ1) is 15.7. The van der Waals surface area contributed by atoms with Crippen molar-refractivity contribution in [1.29, 1.82) is 0 Å². The fourth-order valence-corrected chi connectivity index (χ4v) is 2.97. The van der Waals surface area contributed by atoms with Crippen molar-refractivity contribution in [3.05, 3.63) is 34.9 Å². The summed E-state index contributed by atoms with van der Waals surface area (Å²) in [7, 11) is 0. The fourth-order valence-electron chi connectivity index (χ4n) is 2.97. The van der Waals surface area contributed by atoms with Crippen LogP contribution in [0.15, 0.2) is 18.2 Å². The predicted molar refractivity (Wildman–Crippen MR) is 83.4 cm³/mol. The Hall–Kier alpha value is -2.21. The number of amides is 3. The van der Waals surface area contributed by atoms with Gasteiger partial charge in [0.1, 0.15) is 0 Å². The molecule has 0 aliphatic carbocycles. The summed E-state index contributed by atoms with van der Waals surface area (Å²) in [4.78, 5) is 37.9. The number of carbonyl (C=O) groups excluding carboxylic acids is 3. The quantitative estimate of drug-likeness (QED) is 0.837. The molecular weight excluding hydrogens is 296 g/mol. The third-order valence-electron chi connectivity index (χ3n) is 4.19. The van der Waals surface area contributed by atoms with Crippen molar-refractivity contribution in [3.63, 3.8) is 0 Å². The zero-order valence-corrected chi connectivity index (χ0v) is 13.1. The van der Waals surface area contributed by atoms with Gasteiger partial charge in [-0.25, -0.2) is 0 Å². The molecule has 2 aliphatic heterocycles. The van der Waals surface area contributed by atoms with Gasteiger partial charge in [0.25, 0.3) is 17.7 Å². The number of fused-ring (bicyclic) bond motifs is 1. The Morgan fingerprint density at radius 1 is 1.30 bits per heavy atom. The van der Waals surface area contributed by atoms with E-state index in [1.807, 2.05) is 6.92 Å². The zero-order valence-electron chi connectivity index (χ0n) is 13.1. The number of nitrogens with one attached hydrogen (secondary N) is 1. The van der Waals surface area contributed by atoms with Crippen LogP contribution in [0, 0.1) is 0 Å². The first-order valence-electron chi connectivity index (χ1n) is 8.02. The molecule has 6 heteroatoms.